The maximum atomic E-state index is 13.6. The maximum Gasteiger partial charge on any atom is 0.264 e. The van der Waals surface area contributed by atoms with Gasteiger partial charge in [-0.25, -0.2) is 8.42 Å². The molecule has 0 aliphatic rings. The second kappa shape index (κ2) is 10.8. The number of ether oxygens (including phenoxy) is 3. The molecule has 0 bridgehead atoms. The number of carbonyl (C=O) groups excluding carboxylic acids is 1. The fourth-order valence-electron chi connectivity index (χ4n) is 3.18. The number of nitrogens with zero attached hydrogens (tertiary/aromatic N) is 1. The molecule has 10 heteroatoms. The lowest BCUT2D eigenvalue weighted by Gasteiger charge is -2.24. The highest BCUT2D eigenvalue weighted by atomic mass is 79.9. The summed E-state index contributed by atoms with van der Waals surface area (Å²) in [5.41, 5.74) is 1.71. The van der Waals surface area contributed by atoms with Crippen molar-refractivity contribution in [3.05, 3.63) is 70.7 Å². The molecule has 0 aliphatic heterocycles. The van der Waals surface area contributed by atoms with Gasteiger partial charge in [0.25, 0.3) is 10.0 Å². The third kappa shape index (κ3) is 5.63. The van der Waals surface area contributed by atoms with Gasteiger partial charge in [-0.1, -0.05) is 17.7 Å². The number of halogens is 1. The molecule has 0 aromatic heterocycles. The van der Waals surface area contributed by atoms with Gasteiger partial charge >= 0.3 is 0 Å². The van der Waals surface area contributed by atoms with Crippen LogP contribution in [0.3, 0.4) is 0 Å². The van der Waals surface area contributed by atoms with E-state index >= 15 is 0 Å². The molecule has 0 heterocycles. The van der Waals surface area contributed by atoms with E-state index in [1.54, 1.807) is 48.5 Å². The molecule has 3 rings (SSSR count). The van der Waals surface area contributed by atoms with E-state index in [2.05, 4.69) is 21.2 Å². The van der Waals surface area contributed by atoms with E-state index in [1.165, 1.54) is 33.5 Å². The van der Waals surface area contributed by atoms with Gasteiger partial charge in [0, 0.05) is 6.07 Å². The number of rotatable bonds is 9. The van der Waals surface area contributed by atoms with Gasteiger partial charge in [-0.2, -0.15) is 0 Å². The summed E-state index contributed by atoms with van der Waals surface area (Å²) >= 11 is 3.33. The van der Waals surface area contributed by atoms with Crippen LogP contribution >= 0.6 is 15.9 Å². The Labute approximate surface area is 207 Å². The lowest BCUT2D eigenvalue weighted by atomic mass is 10.2. The number of carbonyl (C=O) groups is 1. The molecule has 1 amide bonds. The minimum Gasteiger partial charge on any atom is -0.497 e. The molecule has 8 nitrogen and oxygen atoms in total. The van der Waals surface area contributed by atoms with Crippen LogP contribution in [0.1, 0.15) is 5.56 Å². The summed E-state index contributed by atoms with van der Waals surface area (Å²) in [7, 11) is 0.388. The van der Waals surface area contributed by atoms with Crippen molar-refractivity contribution < 1.29 is 27.4 Å². The fourth-order valence-corrected chi connectivity index (χ4v) is 5.32. The molecule has 0 fully saturated rings. The third-order valence-corrected chi connectivity index (χ3v) is 7.39. The Balaban J connectivity index is 1.96. The minimum absolute atomic E-state index is 0.00979. The van der Waals surface area contributed by atoms with Crippen molar-refractivity contribution in [1.82, 2.24) is 0 Å². The molecule has 0 unspecified atom stereocenters. The average Bonchev–Trinajstić information content (AvgIpc) is 2.83. The summed E-state index contributed by atoms with van der Waals surface area (Å²) in [6.07, 6.45) is 0. The molecule has 3 aromatic rings. The summed E-state index contributed by atoms with van der Waals surface area (Å²) < 4.78 is 44.4. The molecule has 0 radical (unpaired) electrons. The Morgan fingerprint density at radius 2 is 1.59 bits per heavy atom. The Hall–Kier alpha value is -3.24. The van der Waals surface area contributed by atoms with Gasteiger partial charge in [0.2, 0.25) is 5.91 Å². The van der Waals surface area contributed by atoms with Crippen LogP contribution in [0.15, 0.2) is 70.0 Å². The van der Waals surface area contributed by atoms with E-state index in [9.17, 15) is 13.2 Å². The van der Waals surface area contributed by atoms with E-state index in [0.717, 1.165) is 9.87 Å². The van der Waals surface area contributed by atoms with E-state index in [-0.39, 0.29) is 4.90 Å². The third-order valence-electron chi connectivity index (χ3n) is 5.00. The highest BCUT2D eigenvalue weighted by molar-refractivity contribution is 9.10. The summed E-state index contributed by atoms with van der Waals surface area (Å²) in [6.45, 7) is 1.44. The zero-order chi connectivity index (χ0) is 24.9. The van der Waals surface area contributed by atoms with Crippen LogP contribution in [0, 0.1) is 6.92 Å². The first-order valence-corrected chi connectivity index (χ1v) is 12.4. The van der Waals surface area contributed by atoms with Crippen molar-refractivity contribution in [3.8, 4) is 17.2 Å². The molecule has 34 heavy (non-hydrogen) atoms. The van der Waals surface area contributed by atoms with E-state index in [4.69, 9.17) is 14.2 Å². The van der Waals surface area contributed by atoms with Crippen molar-refractivity contribution in [2.45, 2.75) is 11.8 Å². The molecule has 0 saturated heterocycles. The fraction of sp³-hybridized carbons (Fsp3) is 0.208. The average molecular weight is 549 g/mol. The van der Waals surface area contributed by atoms with Gasteiger partial charge in [-0.3, -0.25) is 9.10 Å². The van der Waals surface area contributed by atoms with Crippen LogP contribution in [0.5, 0.6) is 17.2 Å². The van der Waals surface area contributed by atoms with Crippen molar-refractivity contribution in [1.29, 1.82) is 0 Å². The highest BCUT2D eigenvalue weighted by Gasteiger charge is 2.28. The van der Waals surface area contributed by atoms with E-state index in [0.29, 0.717) is 33.1 Å². The van der Waals surface area contributed by atoms with Crippen LogP contribution < -0.4 is 23.8 Å². The van der Waals surface area contributed by atoms with Crippen molar-refractivity contribution in [2.24, 2.45) is 0 Å². The molecule has 180 valence electrons. The predicted molar refractivity (Wildman–Crippen MR) is 135 cm³/mol. The number of hydrogen-bond acceptors (Lipinski definition) is 6. The van der Waals surface area contributed by atoms with Gasteiger partial charge in [-0.15, -0.1) is 0 Å². The number of nitrogens with one attached hydrogen (secondary N) is 1. The van der Waals surface area contributed by atoms with Crippen LogP contribution in [0.25, 0.3) is 0 Å². The number of amides is 1. The van der Waals surface area contributed by atoms with Gasteiger partial charge in [0.15, 0.2) is 0 Å². The van der Waals surface area contributed by atoms with Crippen molar-refractivity contribution in [2.75, 3.05) is 37.5 Å². The smallest absolute Gasteiger partial charge is 0.264 e. The lowest BCUT2D eigenvalue weighted by molar-refractivity contribution is -0.114. The Bertz CT molecular complexity index is 1280. The molecular weight excluding hydrogens is 524 g/mol. The summed E-state index contributed by atoms with van der Waals surface area (Å²) in [4.78, 5) is 13.0. The topological polar surface area (TPSA) is 94.2 Å². The second-order valence-electron chi connectivity index (χ2n) is 7.26. The minimum atomic E-state index is -4.09. The van der Waals surface area contributed by atoms with Gasteiger partial charge in [0.05, 0.1) is 42.1 Å². The normalized spacial score (nSPS) is 11.0. The van der Waals surface area contributed by atoms with E-state index < -0.39 is 22.5 Å². The number of methoxy groups -OCH3 is 3. The Morgan fingerprint density at radius 1 is 0.912 bits per heavy atom. The Morgan fingerprint density at radius 3 is 2.18 bits per heavy atom. The van der Waals surface area contributed by atoms with Crippen molar-refractivity contribution in [3.63, 3.8) is 0 Å². The molecule has 3 aromatic carbocycles. The molecule has 0 aliphatic carbocycles. The summed E-state index contributed by atoms with van der Waals surface area (Å²) in [5, 5.41) is 2.72. The van der Waals surface area contributed by atoms with Crippen LogP contribution in [0.2, 0.25) is 0 Å². The second-order valence-corrected chi connectivity index (χ2v) is 9.97. The van der Waals surface area contributed by atoms with E-state index in [1.807, 2.05) is 6.92 Å². The predicted octanol–water partition coefficient (Wildman–Crippen LogP) is 4.62. The van der Waals surface area contributed by atoms with Gasteiger partial charge < -0.3 is 19.5 Å². The van der Waals surface area contributed by atoms with Crippen LogP contribution in [-0.2, 0) is 14.8 Å². The van der Waals surface area contributed by atoms with Gasteiger partial charge in [0.1, 0.15) is 23.8 Å². The highest BCUT2D eigenvalue weighted by Crippen LogP contribution is 2.32. The largest absolute Gasteiger partial charge is 0.497 e. The zero-order valence-electron chi connectivity index (χ0n) is 19.2. The Kier molecular flexibility index (Phi) is 8.06. The first-order valence-electron chi connectivity index (χ1n) is 10.1. The number of hydrogen-bond donors (Lipinski definition) is 1. The lowest BCUT2D eigenvalue weighted by Crippen LogP contribution is -2.38. The first-order chi connectivity index (χ1) is 16.2. The standard InChI is InChI=1S/C24H25BrN2O6S/c1-16-5-7-17(8-6-16)27(34(29,30)19-10-12-22(32-3)20(25)14-19)15-24(28)26-21-11-9-18(31-2)13-23(21)33-4/h5-14H,15H2,1-4H3,(H,26,28). The quantitative estimate of drug-likeness (QED) is 0.419. The summed E-state index contributed by atoms with van der Waals surface area (Å²) in [6, 6.07) is 16.2. The molecule has 0 spiro atoms. The van der Waals surface area contributed by atoms with Crippen molar-refractivity contribution >= 4 is 43.2 Å². The number of benzene rings is 3. The molecule has 0 atom stereocenters. The molecule has 1 N–H and O–H groups in total. The summed E-state index contributed by atoms with van der Waals surface area (Å²) in [5.74, 6) is 0.894. The van der Waals surface area contributed by atoms with Crippen LogP contribution in [0.4, 0.5) is 11.4 Å². The zero-order valence-corrected chi connectivity index (χ0v) is 21.6. The molecule has 0 saturated carbocycles. The number of sulfonamides is 1. The first kappa shape index (κ1) is 25.4. The van der Waals surface area contributed by atoms with Crippen LogP contribution in [-0.4, -0.2) is 42.2 Å². The monoisotopic (exact) mass is 548 g/mol. The number of aryl methyl sites for hydroxylation is 1. The van der Waals surface area contributed by atoms with Gasteiger partial charge in [-0.05, 0) is 65.3 Å². The molecular formula is C24H25BrN2O6S. The SMILES string of the molecule is COc1ccc(NC(=O)CN(c2ccc(C)cc2)S(=O)(=O)c2ccc(OC)c(Br)c2)c(OC)c1. The maximum absolute atomic E-state index is 13.6. The number of anilines is 2.